The van der Waals surface area contributed by atoms with Crippen LogP contribution in [0, 0.1) is 12.8 Å². The van der Waals surface area contributed by atoms with Gasteiger partial charge in [-0.15, -0.1) is 23.1 Å². The Morgan fingerprint density at radius 3 is 2.67 bits per heavy atom. The third-order valence-electron chi connectivity index (χ3n) is 6.52. The van der Waals surface area contributed by atoms with Crippen LogP contribution in [-0.4, -0.2) is 25.2 Å². The summed E-state index contributed by atoms with van der Waals surface area (Å²) in [6, 6.07) is 10.5. The van der Waals surface area contributed by atoms with Crippen LogP contribution in [0.15, 0.2) is 53.9 Å². The Labute approximate surface area is 218 Å². The summed E-state index contributed by atoms with van der Waals surface area (Å²) in [5, 5.41) is 0.811. The molecule has 1 heterocycles. The number of aryl methyl sites for hydroxylation is 2. The van der Waals surface area contributed by atoms with Crippen LogP contribution in [0.4, 0.5) is 8.78 Å². The molecule has 1 aromatic heterocycles. The lowest BCUT2D eigenvalue weighted by molar-refractivity contribution is -0.141. The molecule has 4 rings (SSSR count). The Balaban J connectivity index is 1.47. The zero-order chi connectivity index (χ0) is 25.9. The summed E-state index contributed by atoms with van der Waals surface area (Å²) >= 11 is 3.28. The van der Waals surface area contributed by atoms with Crippen LogP contribution < -0.4 is 4.74 Å². The summed E-state index contributed by atoms with van der Waals surface area (Å²) in [6.45, 7) is 5.19. The maximum absolute atomic E-state index is 13.8. The van der Waals surface area contributed by atoms with E-state index in [1.807, 2.05) is 6.92 Å². The highest BCUT2D eigenvalue weighted by Crippen LogP contribution is 2.40. The largest absolute Gasteiger partial charge is 0.496 e. The molecule has 3 aromatic rings. The molecule has 0 N–H and O–H groups in total. The molecule has 0 bridgehead atoms. The SMILES string of the molecule is C=CC(F)(F)c1ccc(-c2nc(C)c(CSc3cc4c(cc3OC)CC(CC(=O)OC)CC4)s2)cc1. The number of hydrogen-bond acceptors (Lipinski definition) is 6. The van der Waals surface area contributed by atoms with Crippen LogP contribution in [0.2, 0.25) is 0 Å². The maximum atomic E-state index is 13.8. The van der Waals surface area contributed by atoms with Gasteiger partial charge in [0.1, 0.15) is 10.8 Å². The molecule has 0 amide bonds. The molecule has 1 aliphatic rings. The van der Waals surface area contributed by atoms with Gasteiger partial charge in [0, 0.05) is 33.1 Å². The lowest BCUT2D eigenvalue weighted by atomic mass is 9.82. The molecule has 190 valence electrons. The molecule has 1 atom stereocenters. The van der Waals surface area contributed by atoms with E-state index >= 15 is 0 Å². The summed E-state index contributed by atoms with van der Waals surface area (Å²) < 4.78 is 38.2. The van der Waals surface area contributed by atoms with E-state index in [0.29, 0.717) is 18.4 Å². The topological polar surface area (TPSA) is 48.4 Å². The second-order valence-corrected chi connectivity index (χ2v) is 11.0. The number of halogens is 2. The van der Waals surface area contributed by atoms with Crippen LogP contribution in [0.5, 0.6) is 5.75 Å². The van der Waals surface area contributed by atoms with Crippen molar-refractivity contribution in [3.05, 3.63) is 76.3 Å². The quantitative estimate of drug-likeness (QED) is 0.165. The summed E-state index contributed by atoms with van der Waals surface area (Å²) in [5.74, 6) is -1.35. The number of methoxy groups -OCH3 is 2. The minimum absolute atomic E-state index is 0.0820. The first-order chi connectivity index (χ1) is 17.2. The number of benzene rings is 2. The van der Waals surface area contributed by atoms with Gasteiger partial charge in [-0.2, -0.15) is 8.78 Å². The number of carbonyl (C=O) groups excluding carboxylic acids is 1. The zero-order valence-electron chi connectivity index (χ0n) is 20.6. The monoisotopic (exact) mass is 529 g/mol. The molecule has 0 spiro atoms. The number of alkyl halides is 2. The number of rotatable bonds is 9. The summed E-state index contributed by atoms with van der Waals surface area (Å²) in [7, 11) is 3.11. The Kier molecular flexibility index (Phi) is 8.15. The van der Waals surface area contributed by atoms with Crippen molar-refractivity contribution in [2.24, 2.45) is 5.92 Å². The van der Waals surface area contributed by atoms with Crippen molar-refractivity contribution < 1.29 is 23.0 Å². The first kappa shape index (κ1) is 26.4. The number of esters is 1. The third kappa shape index (κ3) is 5.81. The molecular formula is C28H29F2NO3S2. The summed E-state index contributed by atoms with van der Waals surface area (Å²) in [6.07, 6.45) is 3.84. The van der Waals surface area contributed by atoms with Crippen LogP contribution >= 0.6 is 23.1 Å². The maximum Gasteiger partial charge on any atom is 0.305 e. The van der Waals surface area contributed by atoms with Gasteiger partial charge in [0.25, 0.3) is 5.92 Å². The van der Waals surface area contributed by atoms with Crippen molar-refractivity contribution in [1.82, 2.24) is 4.98 Å². The van der Waals surface area contributed by atoms with Crippen LogP contribution in [0.1, 0.15) is 40.1 Å². The summed E-state index contributed by atoms with van der Waals surface area (Å²) in [5.41, 5.74) is 4.21. The molecule has 0 saturated carbocycles. The second kappa shape index (κ2) is 11.1. The Hall–Kier alpha value is -2.71. The average Bonchev–Trinajstić information content (AvgIpc) is 3.27. The van der Waals surface area contributed by atoms with Crippen molar-refractivity contribution in [3.8, 4) is 16.3 Å². The number of fused-ring (bicyclic) bond motifs is 1. The fourth-order valence-electron chi connectivity index (χ4n) is 4.39. The van der Waals surface area contributed by atoms with E-state index in [2.05, 4.69) is 23.7 Å². The molecule has 0 aliphatic heterocycles. The highest BCUT2D eigenvalue weighted by molar-refractivity contribution is 7.98. The van der Waals surface area contributed by atoms with Gasteiger partial charge in [-0.1, -0.05) is 30.8 Å². The number of thioether (sulfide) groups is 1. The molecule has 8 heteroatoms. The molecule has 0 fully saturated rings. The first-order valence-corrected chi connectivity index (χ1v) is 13.5. The molecule has 2 aromatic carbocycles. The first-order valence-electron chi connectivity index (χ1n) is 11.7. The van der Waals surface area contributed by atoms with E-state index in [9.17, 15) is 13.6 Å². The van der Waals surface area contributed by atoms with Crippen LogP contribution in [-0.2, 0) is 34.0 Å². The van der Waals surface area contributed by atoms with E-state index in [1.165, 1.54) is 30.4 Å². The lowest BCUT2D eigenvalue weighted by Crippen LogP contribution is -2.18. The number of ether oxygens (including phenoxy) is 2. The zero-order valence-corrected chi connectivity index (χ0v) is 22.2. The predicted molar refractivity (Wildman–Crippen MR) is 141 cm³/mol. The molecule has 4 nitrogen and oxygen atoms in total. The number of hydrogen-bond donors (Lipinski definition) is 0. The van der Waals surface area contributed by atoms with Crippen molar-refractivity contribution in [1.29, 1.82) is 0 Å². The molecule has 0 saturated heterocycles. The van der Waals surface area contributed by atoms with Crippen LogP contribution in [0.3, 0.4) is 0 Å². The Morgan fingerprint density at radius 2 is 2.00 bits per heavy atom. The van der Waals surface area contributed by atoms with Gasteiger partial charge in [-0.25, -0.2) is 4.98 Å². The van der Waals surface area contributed by atoms with E-state index in [1.54, 1.807) is 42.3 Å². The lowest BCUT2D eigenvalue weighted by Gasteiger charge is -2.25. The van der Waals surface area contributed by atoms with Gasteiger partial charge >= 0.3 is 5.97 Å². The normalized spacial score (nSPS) is 15.3. The van der Waals surface area contributed by atoms with Gasteiger partial charge in [-0.05, 0) is 61.4 Å². The fourth-order valence-corrected chi connectivity index (χ4v) is 6.67. The van der Waals surface area contributed by atoms with Crippen molar-refractivity contribution in [3.63, 3.8) is 0 Å². The Bertz CT molecular complexity index is 1250. The molecular weight excluding hydrogens is 500 g/mol. The smallest absolute Gasteiger partial charge is 0.305 e. The van der Waals surface area contributed by atoms with Crippen LogP contribution in [0.25, 0.3) is 10.6 Å². The van der Waals surface area contributed by atoms with E-state index in [0.717, 1.165) is 56.8 Å². The van der Waals surface area contributed by atoms with E-state index in [4.69, 9.17) is 9.47 Å². The van der Waals surface area contributed by atoms with E-state index < -0.39 is 5.92 Å². The minimum Gasteiger partial charge on any atom is -0.496 e. The second-order valence-electron chi connectivity index (χ2n) is 8.88. The Morgan fingerprint density at radius 1 is 1.25 bits per heavy atom. The molecule has 1 unspecified atom stereocenters. The number of aromatic nitrogens is 1. The van der Waals surface area contributed by atoms with Gasteiger partial charge in [0.05, 0.1) is 19.9 Å². The highest BCUT2D eigenvalue weighted by Gasteiger charge is 2.27. The van der Waals surface area contributed by atoms with Crippen molar-refractivity contribution in [2.75, 3.05) is 14.2 Å². The van der Waals surface area contributed by atoms with Gasteiger partial charge in [0.15, 0.2) is 0 Å². The molecule has 0 radical (unpaired) electrons. The van der Waals surface area contributed by atoms with Gasteiger partial charge in [-0.3, -0.25) is 4.79 Å². The fraction of sp³-hybridized carbons (Fsp3) is 0.357. The van der Waals surface area contributed by atoms with E-state index in [-0.39, 0.29) is 11.5 Å². The van der Waals surface area contributed by atoms with Crippen molar-refractivity contribution >= 4 is 29.1 Å². The number of thiazole rings is 1. The van der Waals surface area contributed by atoms with Gasteiger partial charge in [0.2, 0.25) is 0 Å². The average molecular weight is 530 g/mol. The van der Waals surface area contributed by atoms with Crippen molar-refractivity contribution in [2.45, 2.75) is 49.2 Å². The predicted octanol–water partition coefficient (Wildman–Crippen LogP) is 7.37. The third-order valence-corrected chi connectivity index (χ3v) is 8.98. The molecule has 1 aliphatic carbocycles. The number of allylic oxidation sites excluding steroid dienone is 1. The standard InChI is InChI=1S/C28H29F2NO3S2/c1-5-28(29,30)22-10-8-19(9-11-22)27-31-17(2)25(36-27)16-35-24-15-20-7-6-18(13-26(32)34-4)12-21(20)14-23(24)33-3/h5,8-11,14-15,18H,1,6-7,12-13,16H2,2-4H3. The minimum atomic E-state index is -3.05. The van der Waals surface area contributed by atoms with Gasteiger partial charge < -0.3 is 9.47 Å². The number of carbonyl (C=O) groups is 1. The number of nitrogens with zero attached hydrogens (tertiary/aromatic N) is 1. The summed E-state index contributed by atoms with van der Waals surface area (Å²) in [4.78, 5) is 18.6. The molecule has 36 heavy (non-hydrogen) atoms. The highest BCUT2D eigenvalue weighted by atomic mass is 32.2.